The highest BCUT2D eigenvalue weighted by Crippen LogP contribution is 2.24. The van der Waals surface area contributed by atoms with Crippen molar-refractivity contribution in [3.05, 3.63) is 87.6 Å². The van der Waals surface area contributed by atoms with Crippen molar-refractivity contribution < 1.29 is 19.8 Å². The SMILES string of the molecule is C#CS/C(=C\C)Cc1nc2sc(C(=O)O)cc2c(=O)[nH]1.CCCC(C)CC.O=C(O)c1cc2c(=O)[nH]c(Cc3ccsc3)nc2s1. The number of carboxylic acids is 2. The third kappa shape index (κ3) is 10.2. The van der Waals surface area contributed by atoms with E-state index in [-0.39, 0.29) is 20.9 Å². The van der Waals surface area contributed by atoms with E-state index >= 15 is 0 Å². The number of rotatable bonds is 10. The minimum absolute atomic E-state index is 0.0967. The fourth-order valence-electron chi connectivity index (χ4n) is 4.05. The minimum Gasteiger partial charge on any atom is -0.477 e. The number of hydrogen-bond donors (Lipinski definition) is 4. The van der Waals surface area contributed by atoms with E-state index in [2.05, 4.69) is 46.0 Å². The molecule has 0 aliphatic carbocycles. The number of hydrogen-bond acceptors (Lipinski definition) is 10. The summed E-state index contributed by atoms with van der Waals surface area (Å²) < 4.78 is 0. The standard InChI is InChI=1S/C13H10N2O3S2.C12H8N2O3S2.C7H16/c1-3-7(19-4-2)5-10-14-11(16)8-6-9(13(17)18)20-12(8)15-10;15-10-7-4-8(12(16)17)19-11(7)14-9(13-10)3-6-1-2-18-5-6;1-4-6-7(3)5-2/h2-3,6H,5H2,1H3,(H,17,18)(H,14,15,16);1-2,4-5H,3H2,(H,16,17)(H,13,14,15);7H,4-6H2,1-3H3/b7-3-;;. The Morgan fingerprint density at radius 1 is 1.02 bits per heavy atom. The average Bonchev–Trinajstić information content (AvgIpc) is 3.78. The quantitative estimate of drug-likeness (QED) is 0.107. The van der Waals surface area contributed by atoms with Crippen LogP contribution in [0.5, 0.6) is 0 Å². The average molecular weight is 699 g/mol. The molecule has 5 aromatic rings. The number of terminal acetylenes is 1. The van der Waals surface area contributed by atoms with E-state index in [9.17, 15) is 19.2 Å². The molecule has 5 rings (SSSR count). The Kier molecular flexibility index (Phi) is 13.9. The van der Waals surface area contributed by atoms with Gasteiger partial charge in [0.1, 0.15) is 31.1 Å². The first-order valence-corrected chi connectivity index (χ1v) is 17.7. The minimum atomic E-state index is -1.06. The molecule has 0 saturated carbocycles. The highest BCUT2D eigenvalue weighted by atomic mass is 32.2. The molecule has 0 aliphatic rings. The van der Waals surface area contributed by atoms with Gasteiger partial charge in [-0.15, -0.1) is 29.1 Å². The smallest absolute Gasteiger partial charge is 0.345 e. The number of H-pyrrole nitrogens is 2. The fraction of sp³-hybridized carbons (Fsp3) is 0.312. The Hall–Kier alpha value is -4.03. The Morgan fingerprint density at radius 3 is 2.02 bits per heavy atom. The van der Waals surface area contributed by atoms with Crippen LogP contribution in [0.1, 0.15) is 83.5 Å². The molecular weight excluding hydrogens is 665 g/mol. The van der Waals surface area contributed by atoms with Crippen LogP contribution in [0.25, 0.3) is 20.4 Å². The van der Waals surface area contributed by atoms with Gasteiger partial charge in [0.2, 0.25) is 0 Å². The van der Waals surface area contributed by atoms with Gasteiger partial charge in [0, 0.05) is 17.7 Å². The van der Waals surface area contributed by atoms with Gasteiger partial charge in [-0.05, 0) is 64.4 Å². The van der Waals surface area contributed by atoms with Crippen molar-refractivity contribution in [1.82, 2.24) is 19.9 Å². The van der Waals surface area contributed by atoms with Crippen molar-refractivity contribution in [2.75, 3.05) is 0 Å². The number of carboxylic acid groups (broad SMARTS) is 2. The highest BCUT2D eigenvalue weighted by molar-refractivity contribution is 8.07. The lowest BCUT2D eigenvalue weighted by atomic mass is 10.0. The maximum absolute atomic E-state index is 11.9. The molecule has 0 aromatic carbocycles. The summed E-state index contributed by atoms with van der Waals surface area (Å²) in [6, 6.07) is 4.67. The lowest BCUT2D eigenvalue weighted by molar-refractivity contribution is 0.0691. The van der Waals surface area contributed by atoms with E-state index in [1.165, 1.54) is 43.2 Å². The summed E-state index contributed by atoms with van der Waals surface area (Å²) in [6.07, 6.45) is 12.1. The van der Waals surface area contributed by atoms with Crippen LogP contribution in [-0.2, 0) is 12.8 Å². The second kappa shape index (κ2) is 17.6. The number of fused-ring (bicyclic) bond motifs is 2. The van der Waals surface area contributed by atoms with Gasteiger partial charge < -0.3 is 20.2 Å². The van der Waals surface area contributed by atoms with Gasteiger partial charge in [0.15, 0.2) is 0 Å². The maximum atomic E-state index is 11.9. The number of aromatic nitrogens is 4. The Labute approximate surface area is 281 Å². The number of nitrogens with one attached hydrogen (secondary N) is 2. The molecule has 0 fully saturated rings. The zero-order valence-electron chi connectivity index (χ0n) is 25.7. The number of carbonyl (C=O) groups is 2. The number of allylic oxidation sites excluding steroid dienone is 2. The van der Waals surface area contributed by atoms with Crippen molar-refractivity contribution in [3.63, 3.8) is 0 Å². The van der Waals surface area contributed by atoms with Crippen molar-refractivity contribution in [3.8, 4) is 11.7 Å². The van der Waals surface area contributed by atoms with Gasteiger partial charge >= 0.3 is 11.9 Å². The second-order valence-corrected chi connectivity index (χ2v) is 13.9. The number of thiophene rings is 3. The summed E-state index contributed by atoms with van der Waals surface area (Å²) in [5, 5.41) is 24.9. The van der Waals surface area contributed by atoms with Crippen LogP contribution in [0.3, 0.4) is 0 Å². The fourth-order valence-corrected chi connectivity index (χ4v) is 6.98. The van der Waals surface area contributed by atoms with Crippen LogP contribution in [0.4, 0.5) is 0 Å². The van der Waals surface area contributed by atoms with E-state index in [0.717, 1.165) is 39.1 Å². The van der Waals surface area contributed by atoms with Crippen LogP contribution in [0, 0.1) is 17.6 Å². The highest BCUT2D eigenvalue weighted by Gasteiger charge is 2.15. The van der Waals surface area contributed by atoms with Crippen LogP contribution < -0.4 is 11.1 Å². The van der Waals surface area contributed by atoms with Crippen LogP contribution in [0.15, 0.2) is 49.5 Å². The molecule has 0 saturated heterocycles. The summed E-state index contributed by atoms with van der Waals surface area (Å²) >= 11 is 4.81. The molecule has 242 valence electrons. The largest absolute Gasteiger partial charge is 0.477 e. The lowest BCUT2D eigenvalue weighted by Crippen LogP contribution is -2.10. The van der Waals surface area contributed by atoms with E-state index in [0.29, 0.717) is 44.9 Å². The number of aromatic amines is 2. The number of nitrogens with zero attached hydrogens (tertiary/aromatic N) is 2. The summed E-state index contributed by atoms with van der Waals surface area (Å²) in [4.78, 5) is 61.6. The molecule has 0 spiro atoms. The molecule has 14 heteroatoms. The van der Waals surface area contributed by atoms with Crippen LogP contribution >= 0.6 is 45.8 Å². The first-order chi connectivity index (χ1) is 22.0. The molecule has 0 amide bonds. The first-order valence-electron chi connectivity index (χ1n) is 14.3. The molecule has 4 N–H and O–H groups in total. The third-order valence-electron chi connectivity index (χ3n) is 6.61. The van der Waals surface area contributed by atoms with Crippen molar-refractivity contribution >= 4 is 78.1 Å². The molecule has 0 aliphatic heterocycles. The molecule has 0 bridgehead atoms. The third-order valence-corrected chi connectivity index (χ3v) is 10.1. The Bertz CT molecular complexity index is 1980. The Morgan fingerprint density at radius 2 is 1.59 bits per heavy atom. The van der Waals surface area contributed by atoms with Crippen LogP contribution in [-0.4, -0.2) is 42.1 Å². The summed E-state index contributed by atoms with van der Waals surface area (Å²) in [7, 11) is 0. The second-order valence-electron chi connectivity index (χ2n) is 10.1. The van der Waals surface area contributed by atoms with Gasteiger partial charge in [-0.25, -0.2) is 19.6 Å². The normalized spacial score (nSPS) is 11.7. The molecule has 1 atom stereocenters. The van der Waals surface area contributed by atoms with Crippen molar-refractivity contribution in [1.29, 1.82) is 0 Å². The summed E-state index contributed by atoms with van der Waals surface area (Å²) in [5.74, 6) is -0.135. The predicted octanol–water partition coefficient (Wildman–Crippen LogP) is 7.62. The van der Waals surface area contributed by atoms with E-state index in [4.69, 9.17) is 16.6 Å². The van der Waals surface area contributed by atoms with Crippen molar-refractivity contribution in [2.24, 2.45) is 5.92 Å². The van der Waals surface area contributed by atoms with Crippen LogP contribution in [0.2, 0.25) is 0 Å². The van der Waals surface area contributed by atoms with E-state index in [1.807, 2.05) is 29.8 Å². The Balaban J connectivity index is 0.000000209. The van der Waals surface area contributed by atoms with E-state index < -0.39 is 11.9 Å². The zero-order valence-corrected chi connectivity index (χ0v) is 29.0. The zero-order chi connectivity index (χ0) is 33.8. The maximum Gasteiger partial charge on any atom is 0.345 e. The molecule has 5 aromatic heterocycles. The molecular formula is C32H34N4O6S4. The molecule has 1 unspecified atom stereocenters. The number of aromatic carboxylic acids is 2. The topological polar surface area (TPSA) is 166 Å². The summed E-state index contributed by atoms with van der Waals surface area (Å²) in [6.45, 7) is 8.65. The molecule has 10 nitrogen and oxygen atoms in total. The monoisotopic (exact) mass is 698 g/mol. The van der Waals surface area contributed by atoms with Gasteiger partial charge in [-0.3, -0.25) is 9.59 Å². The lowest BCUT2D eigenvalue weighted by Gasteiger charge is -2.02. The predicted molar refractivity (Wildman–Crippen MR) is 190 cm³/mol. The van der Waals surface area contributed by atoms with Gasteiger partial charge in [0.05, 0.1) is 10.8 Å². The van der Waals surface area contributed by atoms with Gasteiger partial charge in [0.25, 0.3) is 11.1 Å². The molecule has 5 heterocycles. The van der Waals surface area contributed by atoms with Gasteiger partial charge in [-0.2, -0.15) is 11.3 Å². The van der Waals surface area contributed by atoms with E-state index in [1.54, 1.807) is 11.3 Å². The van der Waals surface area contributed by atoms with Gasteiger partial charge in [-0.1, -0.05) is 46.1 Å². The first kappa shape index (κ1) is 36.4. The molecule has 46 heavy (non-hydrogen) atoms. The number of thioether (sulfide) groups is 1. The molecule has 0 radical (unpaired) electrons. The van der Waals surface area contributed by atoms with Crippen molar-refractivity contribution in [2.45, 2.75) is 59.8 Å². The summed E-state index contributed by atoms with van der Waals surface area (Å²) in [5.41, 5.74) is 0.441.